The third kappa shape index (κ3) is 3.58. The first-order valence-corrected chi connectivity index (χ1v) is 8.67. The van der Waals surface area contributed by atoms with Crippen molar-refractivity contribution in [2.24, 2.45) is 0 Å². The average molecular weight is 309 g/mol. The molecule has 2 heterocycles. The predicted octanol–water partition coefficient (Wildman–Crippen LogP) is 3.01. The molecular formula is C16H23NO3S. The van der Waals surface area contributed by atoms with Crippen molar-refractivity contribution in [1.29, 1.82) is 0 Å². The highest BCUT2D eigenvalue weighted by Crippen LogP contribution is 2.35. The maximum absolute atomic E-state index is 5.82. The summed E-state index contributed by atoms with van der Waals surface area (Å²) in [6.45, 7) is 8.00. The van der Waals surface area contributed by atoms with Crippen molar-refractivity contribution < 1.29 is 14.2 Å². The standard InChI is InChI=1S/C16H23NO3S/c1-12-13(2)21-9-7-17(12)6-3-8-18-14-4-5-15-16(10-14)20-11-19-15/h4-5,10,12-13H,3,6-9,11H2,1-2H3. The van der Waals surface area contributed by atoms with Crippen LogP contribution in [0.3, 0.4) is 0 Å². The first-order valence-electron chi connectivity index (χ1n) is 7.62. The summed E-state index contributed by atoms with van der Waals surface area (Å²) in [4.78, 5) is 2.57. The lowest BCUT2D eigenvalue weighted by molar-refractivity contribution is 0.173. The van der Waals surface area contributed by atoms with E-state index in [0.29, 0.717) is 12.8 Å². The van der Waals surface area contributed by atoms with Crippen molar-refractivity contribution in [1.82, 2.24) is 4.90 Å². The first-order chi connectivity index (χ1) is 10.2. The molecule has 5 heteroatoms. The summed E-state index contributed by atoms with van der Waals surface area (Å²) in [5, 5.41) is 0.730. The molecule has 0 spiro atoms. The minimum absolute atomic E-state index is 0.307. The van der Waals surface area contributed by atoms with Crippen molar-refractivity contribution >= 4 is 11.8 Å². The average Bonchev–Trinajstić information content (AvgIpc) is 2.95. The Bertz CT molecular complexity index is 483. The molecule has 2 aliphatic heterocycles. The molecular weight excluding hydrogens is 286 g/mol. The molecule has 1 fully saturated rings. The third-order valence-corrected chi connectivity index (χ3v) is 5.55. The number of thioether (sulfide) groups is 1. The molecule has 0 amide bonds. The number of ether oxygens (including phenoxy) is 3. The van der Waals surface area contributed by atoms with E-state index in [9.17, 15) is 0 Å². The van der Waals surface area contributed by atoms with E-state index in [4.69, 9.17) is 14.2 Å². The molecule has 0 aromatic heterocycles. The Morgan fingerprint density at radius 2 is 2.14 bits per heavy atom. The molecule has 1 aromatic rings. The maximum Gasteiger partial charge on any atom is 0.231 e. The maximum atomic E-state index is 5.82. The van der Waals surface area contributed by atoms with Crippen LogP contribution in [0.1, 0.15) is 20.3 Å². The van der Waals surface area contributed by atoms with Gasteiger partial charge in [-0.2, -0.15) is 11.8 Å². The van der Waals surface area contributed by atoms with Crippen LogP contribution in [0.5, 0.6) is 17.2 Å². The monoisotopic (exact) mass is 309 g/mol. The van der Waals surface area contributed by atoms with E-state index < -0.39 is 0 Å². The number of rotatable bonds is 5. The molecule has 2 atom stereocenters. The highest BCUT2D eigenvalue weighted by Gasteiger charge is 2.24. The van der Waals surface area contributed by atoms with E-state index in [1.165, 1.54) is 12.3 Å². The van der Waals surface area contributed by atoms with Crippen LogP contribution < -0.4 is 14.2 Å². The fraction of sp³-hybridized carbons (Fsp3) is 0.625. The minimum Gasteiger partial charge on any atom is -0.493 e. The van der Waals surface area contributed by atoms with Crippen LogP contribution in [0.25, 0.3) is 0 Å². The van der Waals surface area contributed by atoms with Gasteiger partial charge in [0.2, 0.25) is 6.79 Å². The van der Waals surface area contributed by atoms with E-state index in [2.05, 4.69) is 30.5 Å². The Kier molecular flexibility index (Phi) is 4.80. The van der Waals surface area contributed by atoms with E-state index in [-0.39, 0.29) is 0 Å². The van der Waals surface area contributed by atoms with Gasteiger partial charge in [-0.25, -0.2) is 0 Å². The van der Waals surface area contributed by atoms with Gasteiger partial charge in [-0.1, -0.05) is 6.92 Å². The normalized spacial score (nSPS) is 25.0. The van der Waals surface area contributed by atoms with Gasteiger partial charge in [0.05, 0.1) is 6.61 Å². The zero-order valence-corrected chi connectivity index (χ0v) is 13.5. The van der Waals surface area contributed by atoms with Gasteiger partial charge in [0, 0.05) is 36.2 Å². The van der Waals surface area contributed by atoms with Gasteiger partial charge in [0.1, 0.15) is 5.75 Å². The summed E-state index contributed by atoms with van der Waals surface area (Å²) in [5.41, 5.74) is 0. The Morgan fingerprint density at radius 3 is 3.05 bits per heavy atom. The summed E-state index contributed by atoms with van der Waals surface area (Å²) in [5.74, 6) is 3.68. The van der Waals surface area contributed by atoms with Crippen LogP contribution in [0.2, 0.25) is 0 Å². The fourth-order valence-corrected chi connectivity index (χ4v) is 3.90. The highest BCUT2D eigenvalue weighted by molar-refractivity contribution is 8.00. The predicted molar refractivity (Wildman–Crippen MR) is 85.6 cm³/mol. The fourth-order valence-electron chi connectivity index (χ4n) is 2.74. The molecule has 116 valence electrons. The van der Waals surface area contributed by atoms with Crippen LogP contribution in [-0.4, -0.2) is 48.4 Å². The van der Waals surface area contributed by atoms with Gasteiger partial charge in [0.15, 0.2) is 11.5 Å². The minimum atomic E-state index is 0.307. The van der Waals surface area contributed by atoms with E-state index >= 15 is 0 Å². The van der Waals surface area contributed by atoms with Crippen LogP contribution in [-0.2, 0) is 0 Å². The zero-order chi connectivity index (χ0) is 14.7. The molecule has 3 rings (SSSR count). The number of hydrogen-bond acceptors (Lipinski definition) is 5. The quantitative estimate of drug-likeness (QED) is 0.780. The van der Waals surface area contributed by atoms with Crippen molar-refractivity contribution in [2.75, 3.05) is 32.2 Å². The molecule has 0 radical (unpaired) electrons. The van der Waals surface area contributed by atoms with Crippen LogP contribution in [0.15, 0.2) is 18.2 Å². The zero-order valence-electron chi connectivity index (χ0n) is 12.7. The topological polar surface area (TPSA) is 30.9 Å². The SMILES string of the molecule is CC1SCCN(CCCOc2ccc3c(c2)OCO3)C1C. The lowest BCUT2D eigenvalue weighted by Gasteiger charge is -2.37. The second kappa shape index (κ2) is 6.79. The van der Waals surface area contributed by atoms with Gasteiger partial charge in [-0.15, -0.1) is 0 Å². The molecule has 2 aliphatic rings. The van der Waals surface area contributed by atoms with Crippen LogP contribution in [0, 0.1) is 0 Å². The Labute approximate surface area is 130 Å². The van der Waals surface area contributed by atoms with Gasteiger partial charge >= 0.3 is 0 Å². The van der Waals surface area contributed by atoms with Gasteiger partial charge in [-0.05, 0) is 25.5 Å². The summed E-state index contributed by atoms with van der Waals surface area (Å²) in [7, 11) is 0. The second-order valence-electron chi connectivity index (χ2n) is 5.57. The number of fused-ring (bicyclic) bond motifs is 1. The molecule has 21 heavy (non-hydrogen) atoms. The molecule has 0 bridgehead atoms. The number of benzene rings is 1. The van der Waals surface area contributed by atoms with Crippen LogP contribution >= 0.6 is 11.8 Å². The first kappa shape index (κ1) is 14.9. The summed E-state index contributed by atoms with van der Waals surface area (Å²) in [6, 6.07) is 6.41. The van der Waals surface area contributed by atoms with Crippen molar-refractivity contribution in [2.45, 2.75) is 31.6 Å². The highest BCUT2D eigenvalue weighted by atomic mass is 32.2. The van der Waals surface area contributed by atoms with Crippen molar-refractivity contribution in [3.05, 3.63) is 18.2 Å². The molecule has 1 saturated heterocycles. The Morgan fingerprint density at radius 1 is 1.29 bits per heavy atom. The number of nitrogens with zero attached hydrogens (tertiary/aromatic N) is 1. The van der Waals surface area contributed by atoms with Gasteiger partial charge < -0.3 is 14.2 Å². The number of hydrogen-bond donors (Lipinski definition) is 0. The van der Waals surface area contributed by atoms with Gasteiger partial charge in [0.25, 0.3) is 0 Å². The van der Waals surface area contributed by atoms with Crippen LogP contribution in [0.4, 0.5) is 0 Å². The van der Waals surface area contributed by atoms with Gasteiger partial charge in [-0.3, -0.25) is 4.90 Å². The summed E-state index contributed by atoms with van der Waals surface area (Å²) in [6.07, 6.45) is 1.05. The Balaban J connectivity index is 1.42. The smallest absolute Gasteiger partial charge is 0.231 e. The summed E-state index contributed by atoms with van der Waals surface area (Å²) < 4.78 is 16.5. The molecule has 1 aromatic carbocycles. The Hall–Kier alpha value is -1.07. The van der Waals surface area contributed by atoms with E-state index in [1.807, 2.05) is 18.2 Å². The lowest BCUT2D eigenvalue weighted by Crippen LogP contribution is -2.45. The van der Waals surface area contributed by atoms with E-state index in [0.717, 1.165) is 42.1 Å². The second-order valence-corrected chi connectivity index (χ2v) is 7.05. The third-order valence-electron chi connectivity index (χ3n) is 4.22. The van der Waals surface area contributed by atoms with Crippen molar-refractivity contribution in [3.63, 3.8) is 0 Å². The lowest BCUT2D eigenvalue weighted by atomic mass is 10.2. The van der Waals surface area contributed by atoms with E-state index in [1.54, 1.807) is 0 Å². The molecule has 0 saturated carbocycles. The largest absolute Gasteiger partial charge is 0.493 e. The van der Waals surface area contributed by atoms with Crippen molar-refractivity contribution in [3.8, 4) is 17.2 Å². The molecule has 4 nitrogen and oxygen atoms in total. The molecule has 2 unspecified atom stereocenters. The molecule has 0 aliphatic carbocycles. The molecule has 0 N–H and O–H groups in total. The summed E-state index contributed by atoms with van der Waals surface area (Å²) >= 11 is 2.08.